The van der Waals surface area contributed by atoms with Crippen LogP contribution in [0.1, 0.15) is 6.42 Å². The van der Waals surface area contributed by atoms with Crippen LogP contribution in [0.4, 0.5) is 5.69 Å². The monoisotopic (exact) mass is 267 g/mol. The Morgan fingerprint density at radius 1 is 1.47 bits per heavy atom. The van der Waals surface area contributed by atoms with E-state index in [1.54, 1.807) is 12.1 Å². The molecular formula is C12H17NO2SSi. The van der Waals surface area contributed by atoms with Crippen molar-refractivity contribution in [3.05, 3.63) is 47.0 Å². The van der Waals surface area contributed by atoms with E-state index < -0.39 is 8.80 Å². The maximum Gasteiger partial charge on any atom is 0.269 e. The average molecular weight is 267 g/mol. The van der Waals surface area contributed by atoms with Gasteiger partial charge < -0.3 is 0 Å². The number of nitrogens with zero attached hydrogens (tertiary/aromatic N) is 1. The minimum Gasteiger partial charge on any atom is -0.258 e. The minimum atomic E-state index is -0.747. The Bertz CT molecular complexity index is 392. The number of allylic oxidation sites excluding steroid dienone is 1. The molecule has 0 bridgehead atoms. The van der Waals surface area contributed by atoms with Gasteiger partial charge in [0, 0.05) is 30.7 Å². The lowest BCUT2D eigenvalue weighted by molar-refractivity contribution is -0.384. The van der Waals surface area contributed by atoms with Gasteiger partial charge in [0.2, 0.25) is 0 Å². The normalized spacial score (nSPS) is 12.4. The molecule has 1 atom stereocenters. The van der Waals surface area contributed by atoms with Crippen molar-refractivity contribution >= 4 is 26.2 Å². The van der Waals surface area contributed by atoms with Gasteiger partial charge >= 0.3 is 0 Å². The fraction of sp³-hybridized carbons (Fsp3) is 0.333. The van der Waals surface area contributed by atoms with Crippen molar-refractivity contribution in [2.45, 2.75) is 29.3 Å². The van der Waals surface area contributed by atoms with E-state index in [9.17, 15) is 10.1 Å². The van der Waals surface area contributed by atoms with E-state index in [4.69, 9.17) is 0 Å². The lowest BCUT2D eigenvalue weighted by atomic mass is 10.3. The van der Waals surface area contributed by atoms with Gasteiger partial charge in [-0.15, -0.1) is 18.3 Å². The SMILES string of the molecule is C=CCC(Sc1ccc([N+](=O)[O-])cc1)[SiH](C)C. The number of benzene rings is 1. The predicted octanol–water partition coefficient (Wildman–Crippen LogP) is 3.66. The van der Waals surface area contributed by atoms with Crippen LogP contribution in [0.3, 0.4) is 0 Å². The zero-order valence-corrected chi connectivity index (χ0v) is 12.1. The molecule has 0 spiro atoms. The number of rotatable bonds is 6. The summed E-state index contributed by atoms with van der Waals surface area (Å²) in [4.78, 5) is 11.9. The molecule has 3 nitrogen and oxygen atoms in total. The molecule has 5 heteroatoms. The van der Waals surface area contributed by atoms with Crippen molar-refractivity contribution in [3.8, 4) is 0 Å². The fourth-order valence-corrected chi connectivity index (χ4v) is 4.61. The molecule has 0 aliphatic heterocycles. The summed E-state index contributed by atoms with van der Waals surface area (Å²) in [6, 6.07) is 6.79. The standard InChI is InChI=1S/C12H17NO2SSi/c1-4-5-12(17(2)3)16-11-8-6-10(7-9-11)13(14)15/h4,6-9,12,17H,1,5H2,2-3H3. The average Bonchev–Trinajstić information content (AvgIpc) is 2.29. The van der Waals surface area contributed by atoms with Crippen LogP contribution in [0.25, 0.3) is 0 Å². The molecule has 0 saturated heterocycles. The van der Waals surface area contributed by atoms with E-state index in [0.717, 1.165) is 11.3 Å². The second-order valence-corrected chi connectivity index (χ2v) is 9.26. The fourth-order valence-electron chi connectivity index (χ4n) is 1.44. The Kier molecular flexibility index (Phi) is 5.44. The van der Waals surface area contributed by atoms with Gasteiger partial charge in [-0.3, -0.25) is 10.1 Å². The first-order valence-corrected chi connectivity index (χ1v) is 9.42. The first kappa shape index (κ1) is 14.0. The maximum atomic E-state index is 10.5. The van der Waals surface area contributed by atoms with E-state index in [0.29, 0.717) is 4.87 Å². The third-order valence-electron chi connectivity index (χ3n) is 2.48. The van der Waals surface area contributed by atoms with Gasteiger partial charge in [0.25, 0.3) is 5.69 Å². The second kappa shape index (κ2) is 6.61. The Hall–Kier alpha value is -1.07. The molecule has 0 amide bonds. The summed E-state index contributed by atoms with van der Waals surface area (Å²) in [5.41, 5.74) is 0.149. The Morgan fingerprint density at radius 3 is 2.47 bits per heavy atom. The van der Waals surface area contributed by atoms with Crippen molar-refractivity contribution in [3.63, 3.8) is 0 Å². The number of hydrogen-bond acceptors (Lipinski definition) is 3. The summed E-state index contributed by atoms with van der Waals surface area (Å²) in [6.45, 7) is 8.41. The zero-order chi connectivity index (χ0) is 12.8. The van der Waals surface area contributed by atoms with E-state index in [-0.39, 0.29) is 10.6 Å². The molecule has 1 aromatic rings. The molecule has 0 aromatic heterocycles. The number of nitro groups is 1. The first-order chi connectivity index (χ1) is 8.04. The molecule has 0 aliphatic rings. The van der Waals surface area contributed by atoms with E-state index in [1.165, 1.54) is 0 Å². The topological polar surface area (TPSA) is 43.1 Å². The summed E-state index contributed by atoms with van der Waals surface area (Å²) >= 11 is 1.81. The van der Waals surface area contributed by atoms with E-state index in [2.05, 4.69) is 19.7 Å². The molecule has 1 rings (SSSR count). The highest BCUT2D eigenvalue weighted by Crippen LogP contribution is 2.28. The van der Waals surface area contributed by atoms with Gasteiger partial charge in [0.15, 0.2) is 0 Å². The highest BCUT2D eigenvalue weighted by Gasteiger charge is 2.15. The second-order valence-electron chi connectivity index (χ2n) is 4.18. The summed E-state index contributed by atoms with van der Waals surface area (Å²) in [5.74, 6) is 0. The summed E-state index contributed by atoms with van der Waals surface area (Å²) < 4.78 is 0. The summed E-state index contributed by atoms with van der Waals surface area (Å²) in [6.07, 6.45) is 2.96. The molecule has 17 heavy (non-hydrogen) atoms. The molecule has 92 valence electrons. The van der Waals surface area contributed by atoms with Gasteiger partial charge in [-0.05, 0) is 18.6 Å². The highest BCUT2D eigenvalue weighted by atomic mass is 32.2. The number of non-ortho nitro benzene ring substituents is 1. The molecule has 0 aliphatic carbocycles. The van der Waals surface area contributed by atoms with Crippen LogP contribution in [-0.2, 0) is 0 Å². The van der Waals surface area contributed by atoms with Crippen LogP contribution < -0.4 is 0 Å². The van der Waals surface area contributed by atoms with Gasteiger partial charge in [-0.1, -0.05) is 19.2 Å². The van der Waals surface area contributed by atoms with Crippen LogP contribution in [0.5, 0.6) is 0 Å². The molecule has 0 fully saturated rings. The Morgan fingerprint density at radius 2 is 2.06 bits per heavy atom. The third-order valence-corrected chi connectivity index (χ3v) is 7.32. The number of nitro benzene ring substituents is 1. The van der Waals surface area contributed by atoms with Crippen LogP contribution in [0, 0.1) is 10.1 Å². The molecular weight excluding hydrogens is 250 g/mol. The van der Waals surface area contributed by atoms with Gasteiger partial charge in [0.05, 0.1) is 4.92 Å². The lowest BCUT2D eigenvalue weighted by Crippen LogP contribution is -2.20. The van der Waals surface area contributed by atoms with Gasteiger partial charge in [-0.25, -0.2) is 0 Å². The number of thioether (sulfide) groups is 1. The zero-order valence-electron chi connectivity index (χ0n) is 10.1. The van der Waals surface area contributed by atoms with Crippen molar-refractivity contribution in [2.75, 3.05) is 0 Å². The lowest BCUT2D eigenvalue weighted by Gasteiger charge is -2.17. The molecule has 0 radical (unpaired) electrons. The van der Waals surface area contributed by atoms with Crippen molar-refractivity contribution in [2.24, 2.45) is 0 Å². The van der Waals surface area contributed by atoms with Crippen LogP contribution in [0.15, 0.2) is 41.8 Å². The summed E-state index contributed by atoms with van der Waals surface area (Å²) in [5, 5.41) is 10.5. The van der Waals surface area contributed by atoms with Gasteiger partial charge in [0.1, 0.15) is 0 Å². The highest BCUT2D eigenvalue weighted by molar-refractivity contribution is 8.01. The minimum absolute atomic E-state index is 0.149. The molecule has 1 aromatic carbocycles. The smallest absolute Gasteiger partial charge is 0.258 e. The van der Waals surface area contributed by atoms with E-state index in [1.807, 2.05) is 30.0 Å². The van der Waals surface area contributed by atoms with Crippen LogP contribution in [-0.4, -0.2) is 18.6 Å². The Balaban J connectivity index is 2.73. The first-order valence-electron chi connectivity index (χ1n) is 5.56. The Labute approximate surface area is 108 Å². The van der Waals surface area contributed by atoms with Crippen molar-refractivity contribution < 1.29 is 4.92 Å². The van der Waals surface area contributed by atoms with Gasteiger partial charge in [-0.2, -0.15) is 0 Å². The largest absolute Gasteiger partial charge is 0.269 e. The van der Waals surface area contributed by atoms with Crippen molar-refractivity contribution in [1.82, 2.24) is 0 Å². The molecule has 0 N–H and O–H groups in total. The number of hydrogen-bond donors (Lipinski definition) is 0. The summed E-state index contributed by atoms with van der Waals surface area (Å²) in [7, 11) is -0.747. The predicted molar refractivity (Wildman–Crippen MR) is 76.4 cm³/mol. The van der Waals surface area contributed by atoms with Crippen molar-refractivity contribution in [1.29, 1.82) is 0 Å². The van der Waals surface area contributed by atoms with E-state index >= 15 is 0 Å². The van der Waals surface area contributed by atoms with Crippen LogP contribution >= 0.6 is 11.8 Å². The maximum absolute atomic E-state index is 10.5. The quantitative estimate of drug-likeness (QED) is 0.260. The molecule has 0 heterocycles. The third kappa shape index (κ3) is 4.36. The molecule has 0 saturated carbocycles. The van der Waals surface area contributed by atoms with Crippen LogP contribution in [0.2, 0.25) is 13.1 Å². The molecule has 1 unspecified atom stereocenters.